The molecule has 3 fully saturated rings. The molecule has 0 aromatic carbocycles. The zero-order valence-electron chi connectivity index (χ0n) is 11.8. The number of ether oxygens (including phenoxy) is 1. The SMILES string of the molecule is [C-]#[N+]C1([C@@H]2CC[C@@]3(C)CCCC(=C)[C@@H]23)OC1(C)C. The third-order valence-corrected chi connectivity index (χ3v) is 5.77. The molecule has 0 amide bonds. The van der Waals surface area contributed by atoms with Crippen molar-refractivity contribution in [2.24, 2.45) is 17.3 Å². The Labute approximate surface area is 110 Å². The van der Waals surface area contributed by atoms with E-state index in [9.17, 15) is 0 Å². The molecule has 0 radical (unpaired) electrons. The first-order chi connectivity index (χ1) is 8.36. The molecule has 1 unspecified atom stereocenters. The first-order valence-electron chi connectivity index (χ1n) is 7.13. The highest BCUT2D eigenvalue weighted by Gasteiger charge is 2.79. The summed E-state index contributed by atoms with van der Waals surface area (Å²) in [5.74, 6) is 0.866. The number of hydrogen-bond donors (Lipinski definition) is 0. The molecule has 2 saturated carbocycles. The van der Waals surface area contributed by atoms with Gasteiger partial charge in [0.1, 0.15) is 0 Å². The van der Waals surface area contributed by atoms with Gasteiger partial charge >= 0.3 is 5.72 Å². The average molecular weight is 245 g/mol. The van der Waals surface area contributed by atoms with Crippen LogP contribution in [0.5, 0.6) is 0 Å². The van der Waals surface area contributed by atoms with Gasteiger partial charge in [-0.05, 0) is 57.3 Å². The van der Waals surface area contributed by atoms with Crippen LogP contribution in [0.25, 0.3) is 4.85 Å². The predicted molar refractivity (Wildman–Crippen MR) is 71.8 cm³/mol. The van der Waals surface area contributed by atoms with E-state index >= 15 is 0 Å². The zero-order valence-corrected chi connectivity index (χ0v) is 11.8. The van der Waals surface area contributed by atoms with Crippen LogP contribution in [-0.2, 0) is 4.74 Å². The predicted octanol–water partition coefficient (Wildman–Crippen LogP) is 4.18. The standard InChI is InChI=1S/C16H23NO/c1-11-7-6-9-15(4)10-8-12(13(11)15)16(17-5)14(2,3)18-16/h12-13H,1,6-10H2,2-4H3/t12-,13+,15-,16?/m1/s1. The molecule has 2 nitrogen and oxygen atoms in total. The molecular formula is C16H23NO. The Balaban J connectivity index is 1.96. The minimum absolute atomic E-state index is 0.262. The maximum Gasteiger partial charge on any atom is 0.369 e. The van der Waals surface area contributed by atoms with Crippen molar-refractivity contribution in [1.29, 1.82) is 0 Å². The van der Waals surface area contributed by atoms with E-state index in [1.165, 1.54) is 24.8 Å². The van der Waals surface area contributed by atoms with Gasteiger partial charge in [0.2, 0.25) is 0 Å². The van der Waals surface area contributed by atoms with E-state index in [1.54, 1.807) is 0 Å². The minimum Gasteiger partial charge on any atom is -0.288 e. The van der Waals surface area contributed by atoms with E-state index in [-0.39, 0.29) is 5.60 Å². The highest BCUT2D eigenvalue weighted by atomic mass is 16.6. The third-order valence-electron chi connectivity index (χ3n) is 5.77. The highest BCUT2D eigenvalue weighted by molar-refractivity contribution is 5.27. The Morgan fingerprint density at radius 1 is 1.33 bits per heavy atom. The molecule has 0 bridgehead atoms. The van der Waals surface area contributed by atoms with E-state index in [4.69, 9.17) is 11.3 Å². The van der Waals surface area contributed by atoms with Gasteiger partial charge in [-0.1, -0.05) is 19.1 Å². The summed E-state index contributed by atoms with van der Waals surface area (Å²) in [5, 5.41) is 0. The smallest absolute Gasteiger partial charge is 0.288 e. The summed E-state index contributed by atoms with van der Waals surface area (Å²) in [6.45, 7) is 18.4. The summed E-state index contributed by atoms with van der Waals surface area (Å²) >= 11 is 0. The first-order valence-corrected chi connectivity index (χ1v) is 7.13. The van der Waals surface area contributed by atoms with Gasteiger partial charge in [-0.3, -0.25) is 9.58 Å². The quantitative estimate of drug-likeness (QED) is 0.384. The largest absolute Gasteiger partial charge is 0.369 e. The Kier molecular flexibility index (Phi) is 2.31. The van der Waals surface area contributed by atoms with E-state index in [1.807, 2.05) is 0 Å². The Bertz CT molecular complexity index is 447. The van der Waals surface area contributed by atoms with Gasteiger partial charge in [0.05, 0.1) is 5.92 Å². The van der Waals surface area contributed by atoms with Crippen LogP contribution in [0.4, 0.5) is 0 Å². The van der Waals surface area contributed by atoms with Gasteiger partial charge in [-0.25, -0.2) is 6.57 Å². The molecule has 0 aromatic rings. The summed E-state index contributed by atoms with van der Waals surface area (Å²) in [5.41, 5.74) is 0.929. The van der Waals surface area contributed by atoms with E-state index in [2.05, 4.69) is 32.2 Å². The second-order valence-corrected chi connectivity index (χ2v) is 7.21. The van der Waals surface area contributed by atoms with Crippen molar-refractivity contribution in [3.05, 3.63) is 23.6 Å². The topological polar surface area (TPSA) is 16.9 Å². The van der Waals surface area contributed by atoms with Crippen molar-refractivity contribution >= 4 is 0 Å². The first kappa shape index (κ1) is 12.2. The van der Waals surface area contributed by atoms with Crippen molar-refractivity contribution in [3.8, 4) is 0 Å². The summed E-state index contributed by atoms with van der Waals surface area (Å²) in [7, 11) is 0. The molecule has 98 valence electrons. The van der Waals surface area contributed by atoms with Crippen LogP contribution in [-0.4, -0.2) is 11.3 Å². The van der Waals surface area contributed by atoms with E-state index in [0.717, 1.165) is 12.8 Å². The average Bonchev–Trinajstić information content (AvgIpc) is 2.67. The van der Waals surface area contributed by atoms with Gasteiger partial charge in [0, 0.05) is 0 Å². The zero-order chi connectivity index (χ0) is 13.2. The lowest BCUT2D eigenvalue weighted by Gasteiger charge is -2.40. The Morgan fingerprint density at radius 3 is 2.56 bits per heavy atom. The molecule has 1 saturated heterocycles. The highest BCUT2D eigenvalue weighted by Crippen LogP contribution is 2.66. The van der Waals surface area contributed by atoms with Crippen LogP contribution >= 0.6 is 0 Å². The number of fused-ring (bicyclic) bond motifs is 1. The van der Waals surface area contributed by atoms with Crippen molar-refractivity contribution in [2.75, 3.05) is 0 Å². The van der Waals surface area contributed by atoms with E-state index in [0.29, 0.717) is 17.3 Å². The van der Waals surface area contributed by atoms with Crippen LogP contribution in [0.3, 0.4) is 0 Å². The van der Waals surface area contributed by atoms with Gasteiger partial charge in [0.15, 0.2) is 5.60 Å². The summed E-state index contributed by atoms with van der Waals surface area (Å²) < 4.78 is 5.87. The van der Waals surface area contributed by atoms with E-state index < -0.39 is 5.72 Å². The monoisotopic (exact) mass is 245 g/mol. The lowest BCUT2D eigenvalue weighted by molar-refractivity contribution is 0.140. The summed E-state index contributed by atoms with van der Waals surface area (Å²) in [4.78, 5) is 3.91. The number of hydrogen-bond acceptors (Lipinski definition) is 1. The van der Waals surface area contributed by atoms with Gasteiger partial charge in [-0.15, -0.1) is 0 Å². The second kappa shape index (κ2) is 3.39. The van der Waals surface area contributed by atoms with Gasteiger partial charge < -0.3 is 0 Å². The molecule has 1 aliphatic heterocycles. The lowest BCUT2D eigenvalue weighted by atomic mass is 9.64. The molecule has 3 rings (SSSR count). The maximum atomic E-state index is 7.59. The molecule has 18 heavy (non-hydrogen) atoms. The number of rotatable bonds is 1. The molecule has 1 heterocycles. The molecule has 4 atom stereocenters. The van der Waals surface area contributed by atoms with Crippen molar-refractivity contribution in [3.63, 3.8) is 0 Å². The number of nitrogens with zero attached hydrogens (tertiary/aromatic N) is 1. The maximum absolute atomic E-state index is 7.59. The van der Waals surface area contributed by atoms with Crippen molar-refractivity contribution in [2.45, 2.75) is 64.2 Å². The fourth-order valence-corrected chi connectivity index (χ4v) is 4.77. The van der Waals surface area contributed by atoms with Gasteiger partial charge in [0.25, 0.3) is 0 Å². The molecule has 0 N–H and O–H groups in total. The molecular weight excluding hydrogens is 222 g/mol. The fraction of sp³-hybridized carbons (Fsp3) is 0.812. The van der Waals surface area contributed by atoms with Crippen LogP contribution in [0.2, 0.25) is 0 Å². The summed E-state index contributed by atoms with van der Waals surface area (Å²) in [6, 6.07) is 0. The minimum atomic E-state index is -0.560. The fourth-order valence-electron chi connectivity index (χ4n) is 4.77. The van der Waals surface area contributed by atoms with Gasteiger partial charge in [-0.2, -0.15) is 0 Å². The lowest BCUT2D eigenvalue weighted by Crippen LogP contribution is -2.37. The third kappa shape index (κ3) is 1.32. The Morgan fingerprint density at radius 2 is 2.00 bits per heavy atom. The molecule has 2 heteroatoms. The number of epoxide rings is 1. The van der Waals surface area contributed by atoms with Crippen LogP contribution in [0.1, 0.15) is 52.9 Å². The normalized spacial score (nSPS) is 49.6. The molecule has 2 aliphatic carbocycles. The van der Waals surface area contributed by atoms with Crippen molar-refractivity contribution < 1.29 is 4.74 Å². The molecule has 3 aliphatic rings. The molecule has 0 aromatic heterocycles. The Hall–Kier alpha value is -0.810. The molecule has 0 spiro atoms. The second-order valence-electron chi connectivity index (χ2n) is 7.21. The van der Waals surface area contributed by atoms with Crippen LogP contribution in [0, 0.1) is 23.8 Å². The van der Waals surface area contributed by atoms with Crippen LogP contribution < -0.4 is 0 Å². The summed E-state index contributed by atoms with van der Waals surface area (Å²) in [6.07, 6.45) is 6.07. The van der Waals surface area contributed by atoms with Crippen LogP contribution in [0.15, 0.2) is 12.2 Å². The number of allylic oxidation sites excluding steroid dienone is 1. The van der Waals surface area contributed by atoms with Crippen molar-refractivity contribution in [1.82, 2.24) is 0 Å².